The topological polar surface area (TPSA) is 43.4 Å². The van der Waals surface area contributed by atoms with Gasteiger partial charge in [-0.25, -0.2) is 0 Å². The maximum Gasteiger partial charge on any atom is 0.297 e. The maximum absolute atomic E-state index is 12.0. The summed E-state index contributed by atoms with van der Waals surface area (Å²) in [4.78, 5) is 0.226. The van der Waals surface area contributed by atoms with Crippen LogP contribution in [0.25, 0.3) is 10.8 Å². The zero-order chi connectivity index (χ0) is 12.5. The molecule has 0 aliphatic heterocycles. The number of hydrogen-bond donors (Lipinski definition) is 0. The largest absolute Gasteiger partial charge is 0.297 e. The predicted octanol–water partition coefficient (Wildman–Crippen LogP) is 2.57. The average Bonchev–Trinajstić information content (AvgIpc) is 2.26. The molecule has 2 rings (SSSR count). The van der Waals surface area contributed by atoms with Crippen molar-refractivity contribution in [1.82, 2.24) is 0 Å². The molecule has 5 heteroatoms. The van der Waals surface area contributed by atoms with Gasteiger partial charge in [0.15, 0.2) is 0 Å². The molecule has 0 amide bonds. The summed E-state index contributed by atoms with van der Waals surface area (Å²) >= 11 is 0. The van der Waals surface area contributed by atoms with Crippen LogP contribution in [-0.4, -0.2) is 65.9 Å². The Bertz CT molecular complexity index is 630. The molecule has 2 aromatic carbocycles. The van der Waals surface area contributed by atoms with E-state index in [0.29, 0.717) is 5.39 Å². The molecule has 2 aromatic rings. The Balaban J connectivity index is 0.00000162. The van der Waals surface area contributed by atoms with E-state index in [2.05, 4.69) is 0 Å². The summed E-state index contributed by atoms with van der Waals surface area (Å²) in [7, 11) is -3.69. The second-order valence-corrected chi connectivity index (χ2v) is 5.62. The summed E-state index contributed by atoms with van der Waals surface area (Å²) in [5.41, 5.74) is 0. The van der Waals surface area contributed by atoms with Gasteiger partial charge in [0.05, 0.1) is 6.10 Å². The van der Waals surface area contributed by atoms with Gasteiger partial charge in [-0.05, 0) is 25.3 Å². The van der Waals surface area contributed by atoms with E-state index in [0.717, 1.165) is 5.39 Å². The fraction of sp³-hybridized carbons (Fsp3) is 0.231. The van der Waals surface area contributed by atoms with Crippen molar-refractivity contribution in [2.24, 2.45) is 0 Å². The molecule has 0 atom stereocenters. The van der Waals surface area contributed by atoms with Gasteiger partial charge in [0.2, 0.25) is 0 Å². The number of fused-ring (bicyclic) bond motifs is 1. The Morgan fingerprint density at radius 1 is 1.00 bits per heavy atom. The predicted molar refractivity (Wildman–Crippen MR) is 73.1 cm³/mol. The van der Waals surface area contributed by atoms with Crippen molar-refractivity contribution in [3.05, 3.63) is 42.5 Å². The van der Waals surface area contributed by atoms with Crippen molar-refractivity contribution >= 4 is 72.3 Å². The van der Waals surface area contributed by atoms with E-state index in [9.17, 15) is 8.42 Å². The Morgan fingerprint density at radius 2 is 1.61 bits per heavy atom. The maximum atomic E-state index is 12.0. The number of hydrogen-bond acceptors (Lipinski definition) is 3. The van der Waals surface area contributed by atoms with E-state index in [-0.39, 0.29) is 62.4 Å². The smallest absolute Gasteiger partial charge is 0.264 e. The van der Waals surface area contributed by atoms with Crippen molar-refractivity contribution in [3.63, 3.8) is 0 Å². The molecule has 0 aromatic heterocycles. The molecule has 0 aliphatic rings. The molecule has 0 saturated heterocycles. The molecular weight excluding hydrogens is 275 g/mol. The molecule has 0 bridgehead atoms. The SMILES string of the molecule is CC(C)OS(=O)(=O)c1cccc2ccccc12.[K]. The quantitative estimate of drug-likeness (QED) is 0.644. The van der Waals surface area contributed by atoms with Gasteiger partial charge >= 0.3 is 0 Å². The Kier molecular flexibility index (Phi) is 5.98. The standard InChI is InChI=1S/C13H14O3S.K/c1-10(2)16-17(14,15)13-9-5-7-11-6-3-4-8-12(11)13;/h3-10H,1-2H3;. The second kappa shape index (κ2) is 6.61. The molecule has 0 N–H and O–H groups in total. The minimum atomic E-state index is -3.69. The molecule has 0 unspecified atom stereocenters. The van der Waals surface area contributed by atoms with Crippen LogP contribution in [-0.2, 0) is 14.3 Å². The Hall–Kier alpha value is 0.246. The summed E-state index contributed by atoms with van der Waals surface area (Å²) in [6.07, 6.45) is -0.362. The third kappa shape index (κ3) is 3.63. The van der Waals surface area contributed by atoms with Crippen LogP contribution in [0.1, 0.15) is 13.8 Å². The van der Waals surface area contributed by atoms with Crippen molar-refractivity contribution in [2.45, 2.75) is 24.8 Å². The fourth-order valence-corrected chi connectivity index (χ4v) is 3.03. The van der Waals surface area contributed by atoms with Crippen LogP contribution in [0.5, 0.6) is 0 Å². The molecule has 91 valence electrons. The summed E-state index contributed by atoms with van der Waals surface area (Å²) in [6, 6.07) is 12.5. The first-order valence-electron chi connectivity index (χ1n) is 5.42. The van der Waals surface area contributed by atoms with Gasteiger partial charge in [0, 0.05) is 56.8 Å². The van der Waals surface area contributed by atoms with Gasteiger partial charge in [-0.2, -0.15) is 8.42 Å². The Labute approximate surface area is 150 Å². The summed E-state index contributed by atoms with van der Waals surface area (Å²) in [6.45, 7) is 3.39. The van der Waals surface area contributed by atoms with E-state index in [4.69, 9.17) is 4.18 Å². The van der Waals surface area contributed by atoms with Crippen LogP contribution < -0.4 is 0 Å². The van der Waals surface area contributed by atoms with Crippen LogP contribution in [0, 0.1) is 0 Å². The molecule has 1 radical (unpaired) electrons. The van der Waals surface area contributed by atoms with Crippen molar-refractivity contribution in [3.8, 4) is 0 Å². The van der Waals surface area contributed by atoms with E-state index < -0.39 is 10.1 Å². The van der Waals surface area contributed by atoms with Gasteiger partial charge < -0.3 is 0 Å². The first-order valence-corrected chi connectivity index (χ1v) is 6.82. The number of benzene rings is 2. The minimum Gasteiger partial charge on any atom is -0.264 e. The summed E-state index contributed by atoms with van der Waals surface area (Å²) in [5, 5.41) is 1.58. The fourth-order valence-electron chi connectivity index (χ4n) is 1.72. The van der Waals surface area contributed by atoms with Gasteiger partial charge in [-0.15, -0.1) is 0 Å². The van der Waals surface area contributed by atoms with E-state index in [1.54, 1.807) is 32.0 Å². The van der Waals surface area contributed by atoms with Gasteiger partial charge in [-0.1, -0.05) is 36.4 Å². The normalized spacial score (nSPS) is 11.5. The Morgan fingerprint density at radius 3 is 2.28 bits per heavy atom. The van der Waals surface area contributed by atoms with Gasteiger partial charge in [0.25, 0.3) is 10.1 Å². The van der Waals surface area contributed by atoms with Gasteiger partial charge in [-0.3, -0.25) is 4.18 Å². The monoisotopic (exact) mass is 289 g/mol. The number of rotatable bonds is 3. The first kappa shape index (κ1) is 16.3. The van der Waals surface area contributed by atoms with Crippen molar-refractivity contribution in [1.29, 1.82) is 0 Å². The van der Waals surface area contributed by atoms with Crippen molar-refractivity contribution in [2.75, 3.05) is 0 Å². The average molecular weight is 289 g/mol. The van der Waals surface area contributed by atoms with Crippen LogP contribution in [0.15, 0.2) is 47.4 Å². The molecule has 3 nitrogen and oxygen atoms in total. The molecule has 0 saturated carbocycles. The molecule has 18 heavy (non-hydrogen) atoms. The van der Waals surface area contributed by atoms with Crippen LogP contribution >= 0.6 is 0 Å². The zero-order valence-corrected chi connectivity index (χ0v) is 14.7. The van der Waals surface area contributed by atoms with Gasteiger partial charge in [0.1, 0.15) is 4.90 Å². The third-order valence-electron chi connectivity index (χ3n) is 2.34. The minimum absolute atomic E-state index is 0. The van der Waals surface area contributed by atoms with Crippen LogP contribution in [0.2, 0.25) is 0 Å². The van der Waals surface area contributed by atoms with Crippen LogP contribution in [0.4, 0.5) is 0 Å². The molecule has 0 heterocycles. The molecule has 0 aliphatic carbocycles. The molecule has 0 fully saturated rings. The molecular formula is C13H14KO3S. The van der Waals surface area contributed by atoms with E-state index >= 15 is 0 Å². The van der Waals surface area contributed by atoms with Crippen LogP contribution in [0.3, 0.4) is 0 Å². The van der Waals surface area contributed by atoms with E-state index in [1.165, 1.54) is 0 Å². The van der Waals surface area contributed by atoms with Crippen molar-refractivity contribution < 1.29 is 12.6 Å². The third-order valence-corrected chi connectivity index (χ3v) is 3.87. The summed E-state index contributed by atoms with van der Waals surface area (Å²) in [5.74, 6) is 0. The summed E-state index contributed by atoms with van der Waals surface area (Å²) < 4.78 is 29.1. The van der Waals surface area contributed by atoms with E-state index in [1.807, 2.05) is 24.3 Å². The second-order valence-electron chi connectivity index (χ2n) is 4.08. The zero-order valence-electron chi connectivity index (χ0n) is 10.8. The molecule has 0 spiro atoms. The first-order chi connectivity index (χ1) is 8.00.